The first kappa shape index (κ1) is 14.0. The fourth-order valence-corrected chi connectivity index (χ4v) is 4.31. The van der Waals surface area contributed by atoms with Crippen LogP contribution in [-0.2, 0) is 16.6 Å². The molecule has 1 saturated carbocycles. The molecule has 102 valence electrons. The topological polar surface area (TPSA) is 62.6 Å². The molecule has 7 heteroatoms. The van der Waals surface area contributed by atoms with Crippen LogP contribution in [0.3, 0.4) is 0 Å². The zero-order valence-electron chi connectivity index (χ0n) is 10.4. The van der Waals surface area contributed by atoms with Crippen molar-refractivity contribution in [3.63, 3.8) is 0 Å². The zero-order chi connectivity index (χ0) is 13.3. The SMILES string of the molecule is CNCc1cc(S(=O)(=O)N(C)C2CCC2)c(Br)o1. The molecule has 1 fully saturated rings. The fraction of sp³-hybridized carbons (Fsp3) is 0.636. The fourth-order valence-electron chi connectivity index (χ4n) is 1.94. The van der Waals surface area contributed by atoms with Gasteiger partial charge in [0.15, 0.2) is 4.67 Å². The Morgan fingerprint density at radius 3 is 2.72 bits per heavy atom. The number of halogens is 1. The highest BCUT2D eigenvalue weighted by Gasteiger charge is 2.34. The highest BCUT2D eigenvalue weighted by Crippen LogP contribution is 2.33. The van der Waals surface area contributed by atoms with E-state index in [1.54, 1.807) is 20.2 Å². The van der Waals surface area contributed by atoms with Crippen molar-refractivity contribution in [3.05, 3.63) is 16.5 Å². The Morgan fingerprint density at radius 1 is 1.56 bits per heavy atom. The Hall–Kier alpha value is -0.370. The van der Waals surface area contributed by atoms with Gasteiger partial charge in [0.25, 0.3) is 0 Å². The largest absolute Gasteiger partial charge is 0.452 e. The molecular formula is C11H17BrN2O3S. The second-order valence-electron chi connectivity index (χ2n) is 4.49. The van der Waals surface area contributed by atoms with Gasteiger partial charge in [-0.1, -0.05) is 6.42 Å². The van der Waals surface area contributed by atoms with Gasteiger partial charge in [-0.2, -0.15) is 4.31 Å². The molecule has 5 nitrogen and oxygen atoms in total. The maximum absolute atomic E-state index is 12.4. The number of rotatable bonds is 5. The van der Waals surface area contributed by atoms with Gasteiger partial charge in [0.2, 0.25) is 10.0 Å². The van der Waals surface area contributed by atoms with Crippen molar-refractivity contribution in [2.24, 2.45) is 0 Å². The first-order chi connectivity index (χ1) is 8.46. The molecule has 0 radical (unpaired) electrons. The molecule has 0 spiro atoms. The molecule has 1 aliphatic carbocycles. The molecule has 0 saturated heterocycles. The van der Waals surface area contributed by atoms with E-state index in [0.717, 1.165) is 19.3 Å². The Balaban J connectivity index is 2.28. The van der Waals surface area contributed by atoms with Crippen molar-refractivity contribution in [1.29, 1.82) is 0 Å². The van der Waals surface area contributed by atoms with Crippen molar-refractivity contribution in [2.45, 2.75) is 36.7 Å². The number of nitrogens with zero attached hydrogens (tertiary/aromatic N) is 1. The van der Waals surface area contributed by atoms with E-state index in [1.165, 1.54) is 4.31 Å². The van der Waals surface area contributed by atoms with Crippen LogP contribution in [0.4, 0.5) is 0 Å². The number of furan rings is 1. The number of nitrogens with one attached hydrogen (secondary N) is 1. The number of sulfonamides is 1. The lowest BCUT2D eigenvalue weighted by molar-refractivity contribution is 0.249. The summed E-state index contributed by atoms with van der Waals surface area (Å²) in [6.07, 6.45) is 2.98. The van der Waals surface area contributed by atoms with Crippen LogP contribution in [0.2, 0.25) is 0 Å². The Morgan fingerprint density at radius 2 is 2.22 bits per heavy atom. The summed E-state index contributed by atoms with van der Waals surface area (Å²) >= 11 is 3.18. The van der Waals surface area contributed by atoms with Crippen molar-refractivity contribution in [3.8, 4) is 0 Å². The standard InChI is InChI=1S/C11H17BrN2O3S/c1-13-7-9-6-10(11(12)17-9)18(15,16)14(2)8-4-3-5-8/h6,8,13H,3-5,7H2,1-2H3. The minimum absolute atomic E-state index is 0.129. The van der Waals surface area contributed by atoms with Gasteiger partial charge < -0.3 is 9.73 Å². The summed E-state index contributed by atoms with van der Waals surface area (Å²) in [7, 11) is -0.0442. The molecular weight excluding hydrogens is 320 g/mol. The summed E-state index contributed by atoms with van der Waals surface area (Å²) in [6, 6.07) is 1.70. The Labute approximate surface area is 116 Å². The normalized spacial score (nSPS) is 17.1. The van der Waals surface area contributed by atoms with Gasteiger partial charge in [-0.15, -0.1) is 0 Å². The molecule has 0 bridgehead atoms. The smallest absolute Gasteiger partial charge is 0.247 e. The molecule has 2 rings (SSSR count). The van der Waals surface area contributed by atoms with Crippen LogP contribution in [0.25, 0.3) is 0 Å². The maximum Gasteiger partial charge on any atom is 0.247 e. The maximum atomic E-state index is 12.4. The van der Waals surface area contributed by atoms with Crippen molar-refractivity contribution >= 4 is 26.0 Å². The van der Waals surface area contributed by atoms with Crippen molar-refractivity contribution in [1.82, 2.24) is 9.62 Å². The summed E-state index contributed by atoms with van der Waals surface area (Å²) in [5, 5.41) is 2.93. The third-order valence-electron chi connectivity index (χ3n) is 3.30. The van der Waals surface area contributed by atoms with Gasteiger partial charge in [0, 0.05) is 19.2 Å². The van der Waals surface area contributed by atoms with Crippen LogP contribution in [-0.4, -0.2) is 32.9 Å². The van der Waals surface area contributed by atoms with Gasteiger partial charge in [0.1, 0.15) is 10.7 Å². The molecule has 1 heterocycles. The summed E-state index contributed by atoms with van der Waals surface area (Å²) < 4.78 is 31.9. The van der Waals surface area contributed by atoms with Crippen LogP contribution in [0, 0.1) is 0 Å². The van der Waals surface area contributed by atoms with Gasteiger partial charge in [-0.25, -0.2) is 8.42 Å². The molecule has 1 N–H and O–H groups in total. The van der Waals surface area contributed by atoms with E-state index in [-0.39, 0.29) is 15.6 Å². The van der Waals surface area contributed by atoms with Crippen LogP contribution < -0.4 is 5.32 Å². The van der Waals surface area contributed by atoms with E-state index in [1.807, 2.05) is 0 Å². The predicted octanol–water partition coefficient (Wildman–Crippen LogP) is 1.93. The van der Waals surface area contributed by atoms with E-state index >= 15 is 0 Å². The minimum Gasteiger partial charge on any atom is -0.452 e. The molecule has 0 aliphatic heterocycles. The number of hydrogen-bond donors (Lipinski definition) is 1. The second-order valence-corrected chi connectivity index (χ2v) is 7.17. The zero-order valence-corrected chi connectivity index (χ0v) is 12.8. The van der Waals surface area contributed by atoms with E-state index in [0.29, 0.717) is 12.3 Å². The second kappa shape index (κ2) is 5.32. The first-order valence-electron chi connectivity index (χ1n) is 5.87. The monoisotopic (exact) mass is 336 g/mol. The molecule has 0 atom stereocenters. The van der Waals surface area contributed by atoms with Crippen LogP contribution in [0.5, 0.6) is 0 Å². The molecule has 0 unspecified atom stereocenters. The molecule has 1 aromatic heterocycles. The minimum atomic E-state index is -3.46. The summed E-state index contributed by atoms with van der Waals surface area (Å²) in [5.41, 5.74) is 0. The molecule has 18 heavy (non-hydrogen) atoms. The number of hydrogen-bond acceptors (Lipinski definition) is 4. The van der Waals surface area contributed by atoms with E-state index in [2.05, 4.69) is 21.2 Å². The third kappa shape index (κ3) is 2.49. The van der Waals surface area contributed by atoms with Gasteiger partial charge in [-0.05, 0) is 35.8 Å². The quantitative estimate of drug-likeness (QED) is 0.892. The van der Waals surface area contributed by atoms with Gasteiger partial charge >= 0.3 is 0 Å². The summed E-state index contributed by atoms with van der Waals surface area (Å²) in [6.45, 7) is 0.501. The average molecular weight is 337 g/mol. The predicted molar refractivity (Wildman–Crippen MR) is 71.8 cm³/mol. The van der Waals surface area contributed by atoms with Crippen molar-refractivity contribution < 1.29 is 12.8 Å². The van der Waals surface area contributed by atoms with Crippen LogP contribution >= 0.6 is 15.9 Å². The summed E-state index contributed by atoms with van der Waals surface area (Å²) in [5.74, 6) is 0.602. The molecule has 0 aromatic carbocycles. The molecule has 1 aliphatic rings. The van der Waals surface area contributed by atoms with E-state index in [4.69, 9.17) is 4.42 Å². The Bertz CT molecular complexity index is 522. The third-order valence-corrected chi connectivity index (χ3v) is 6.07. The molecule has 1 aromatic rings. The highest BCUT2D eigenvalue weighted by molar-refractivity contribution is 9.10. The average Bonchev–Trinajstić information content (AvgIpc) is 2.58. The highest BCUT2D eigenvalue weighted by atomic mass is 79.9. The van der Waals surface area contributed by atoms with Gasteiger partial charge in [0.05, 0.1) is 6.54 Å². The lowest BCUT2D eigenvalue weighted by Gasteiger charge is -2.33. The summed E-state index contributed by atoms with van der Waals surface area (Å²) in [4.78, 5) is 0.210. The van der Waals surface area contributed by atoms with Crippen LogP contribution in [0.15, 0.2) is 20.0 Å². The van der Waals surface area contributed by atoms with Crippen LogP contribution in [0.1, 0.15) is 25.0 Å². The molecule has 0 amide bonds. The van der Waals surface area contributed by atoms with E-state index < -0.39 is 10.0 Å². The Kier molecular flexibility index (Phi) is 4.15. The van der Waals surface area contributed by atoms with Gasteiger partial charge in [-0.3, -0.25) is 0 Å². The lowest BCUT2D eigenvalue weighted by atomic mass is 9.94. The first-order valence-corrected chi connectivity index (χ1v) is 8.11. The van der Waals surface area contributed by atoms with E-state index in [9.17, 15) is 8.42 Å². The van der Waals surface area contributed by atoms with Crippen molar-refractivity contribution in [2.75, 3.05) is 14.1 Å². The lowest BCUT2D eigenvalue weighted by Crippen LogP contribution is -2.41.